The van der Waals surface area contributed by atoms with E-state index in [-0.39, 0.29) is 5.56 Å². The summed E-state index contributed by atoms with van der Waals surface area (Å²) in [5.41, 5.74) is 4.04. The number of nitrogens with zero attached hydrogens (tertiary/aromatic N) is 2. The number of aryl methyl sites for hydroxylation is 1. The monoisotopic (exact) mass is 457 g/mol. The van der Waals surface area contributed by atoms with Gasteiger partial charge in [-0.2, -0.15) is 0 Å². The van der Waals surface area contributed by atoms with Crippen LogP contribution in [0.3, 0.4) is 0 Å². The fraction of sp³-hybridized carbons (Fsp3) is 0.321. The highest BCUT2D eigenvalue weighted by atomic mass is 32.2. The molecular formula is C28H31N3OS. The number of fused-ring (bicyclic) bond motifs is 1. The van der Waals surface area contributed by atoms with Crippen molar-refractivity contribution in [1.82, 2.24) is 15.0 Å². The lowest BCUT2D eigenvalue weighted by Gasteiger charge is -2.05. The molecule has 0 fully saturated rings. The second kappa shape index (κ2) is 12.4. The molecule has 4 rings (SSSR count). The number of rotatable bonds is 12. The number of pyridine rings is 1. The summed E-state index contributed by atoms with van der Waals surface area (Å²) in [4.78, 5) is 24.4. The maximum atomic E-state index is 12.5. The van der Waals surface area contributed by atoms with Crippen molar-refractivity contribution in [3.63, 3.8) is 0 Å². The number of hydrogen-bond donors (Lipinski definition) is 1. The highest BCUT2D eigenvalue weighted by Crippen LogP contribution is 2.17. The predicted molar refractivity (Wildman–Crippen MR) is 138 cm³/mol. The lowest BCUT2D eigenvalue weighted by molar-refractivity contribution is 0.609. The van der Waals surface area contributed by atoms with E-state index in [1.54, 1.807) is 18.0 Å². The Morgan fingerprint density at radius 3 is 2.36 bits per heavy atom. The summed E-state index contributed by atoms with van der Waals surface area (Å²) in [6.07, 6.45) is 12.8. The molecule has 0 spiro atoms. The van der Waals surface area contributed by atoms with Gasteiger partial charge < -0.3 is 4.98 Å². The summed E-state index contributed by atoms with van der Waals surface area (Å²) in [6, 6.07) is 20.8. The molecule has 170 valence electrons. The topological polar surface area (TPSA) is 58.6 Å². The smallest absolute Gasteiger partial charge is 0.255 e. The lowest BCUT2D eigenvalue weighted by Crippen LogP contribution is -2.14. The van der Waals surface area contributed by atoms with E-state index in [0.29, 0.717) is 17.1 Å². The Kier molecular flexibility index (Phi) is 8.70. The molecule has 0 saturated heterocycles. The van der Waals surface area contributed by atoms with Crippen molar-refractivity contribution in [2.24, 2.45) is 0 Å². The van der Waals surface area contributed by atoms with E-state index in [9.17, 15) is 4.79 Å². The van der Waals surface area contributed by atoms with Crippen molar-refractivity contribution in [3.8, 4) is 0 Å². The molecule has 0 bridgehead atoms. The second-order valence-electron chi connectivity index (χ2n) is 8.46. The summed E-state index contributed by atoms with van der Waals surface area (Å²) < 4.78 is 0. The van der Waals surface area contributed by atoms with E-state index in [1.165, 1.54) is 44.1 Å². The number of aromatic amines is 1. The van der Waals surface area contributed by atoms with Gasteiger partial charge in [0.15, 0.2) is 5.16 Å². The maximum absolute atomic E-state index is 12.5. The van der Waals surface area contributed by atoms with E-state index >= 15 is 0 Å². The van der Waals surface area contributed by atoms with Crippen LogP contribution in [0, 0.1) is 0 Å². The summed E-state index contributed by atoms with van der Waals surface area (Å²) in [7, 11) is 0. The van der Waals surface area contributed by atoms with Gasteiger partial charge in [0.05, 0.1) is 5.52 Å². The van der Waals surface area contributed by atoms with Crippen molar-refractivity contribution >= 4 is 22.7 Å². The van der Waals surface area contributed by atoms with Crippen LogP contribution in [0.25, 0.3) is 10.9 Å². The number of nitrogens with one attached hydrogen (secondary N) is 1. The van der Waals surface area contributed by atoms with Gasteiger partial charge in [0, 0.05) is 35.5 Å². The van der Waals surface area contributed by atoms with Crippen molar-refractivity contribution in [1.29, 1.82) is 0 Å². The van der Waals surface area contributed by atoms with Crippen LogP contribution in [-0.4, -0.2) is 20.7 Å². The average Bonchev–Trinajstić information content (AvgIpc) is 2.85. The third kappa shape index (κ3) is 7.29. The predicted octanol–water partition coefficient (Wildman–Crippen LogP) is 6.58. The minimum absolute atomic E-state index is 0.0564. The Bertz CT molecular complexity index is 1210. The lowest BCUT2D eigenvalue weighted by atomic mass is 10.1. The Hall–Kier alpha value is -2.92. The number of unbranched alkanes of at least 4 members (excludes halogenated alkanes) is 5. The van der Waals surface area contributed by atoms with Gasteiger partial charge in [-0.15, -0.1) is 0 Å². The standard InChI is InChI=1S/C28H31N3OS/c32-27-25(19-23-18-24-15-9-10-16-26(24)29-20-23)21-30-28(31-27)33-17-11-4-2-1-3-6-12-22-13-7-5-8-14-22/h5,7-10,13-16,18,20-21H,1-4,6,11-12,17,19H2,(H,30,31,32). The van der Waals surface area contributed by atoms with Crippen LogP contribution in [0.5, 0.6) is 0 Å². The normalized spacial score (nSPS) is 11.2. The molecule has 4 nitrogen and oxygen atoms in total. The third-order valence-corrected chi connectivity index (χ3v) is 6.81. The molecule has 33 heavy (non-hydrogen) atoms. The Balaban J connectivity index is 1.14. The summed E-state index contributed by atoms with van der Waals surface area (Å²) >= 11 is 1.64. The fourth-order valence-electron chi connectivity index (χ4n) is 3.99. The van der Waals surface area contributed by atoms with Crippen molar-refractivity contribution in [2.45, 2.75) is 56.5 Å². The molecule has 0 aliphatic carbocycles. The highest BCUT2D eigenvalue weighted by Gasteiger charge is 2.06. The largest absolute Gasteiger partial charge is 0.301 e. The number of thioether (sulfide) groups is 1. The first-order chi connectivity index (χ1) is 16.3. The van der Waals surface area contributed by atoms with E-state index in [2.05, 4.69) is 51.4 Å². The van der Waals surface area contributed by atoms with Gasteiger partial charge in [-0.05, 0) is 42.5 Å². The molecule has 4 aromatic rings. The molecular weight excluding hydrogens is 426 g/mol. The van der Waals surface area contributed by atoms with Crippen molar-refractivity contribution < 1.29 is 0 Å². The van der Waals surface area contributed by atoms with Crippen molar-refractivity contribution in [3.05, 3.63) is 100 Å². The molecule has 0 saturated carbocycles. The van der Waals surface area contributed by atoms with Gasteiger partial charge in [0.2, 0.25) is 0 Å². The molecule has 0 aliphatic rings. The molecule has 2 aromatic carbocycles. The zero-order valence-electron chi connectivity index (χ0n) is 19.0. The Labute approximate surface area is 199 Å². The van der Waals surface area contributed by atoms with Crippen LogP contribution < -0.4 is 5.56 Å². The zero-order chi connectivity index (χ0) is 22.7. The van der Waals surface area contributed by atoms with Crippen LogP contribution in [0.15, 0.2) is 83.0 Å². The molecule has 2 heterocycles. The van der Waals surface area contributed by atoms with Crippen LogP contribution >= 0.6 is 11.8 Å². The average molecular weight is 458 g/mol. The summed E-state index contributed by atoms with van der Waals surface area (Å²) in [5, 5.41) is 1.80. The SMILES string of the molecule is O=c1[nH]c(SCCCCCCCCc2ccccc2)ncc1Cc1cnc2ccccc2c1. The minimum atomic E-state index is -0.0564. The van der Waals surface area contributed by atoms with Crippen LogP contribution in [-0.2, 0) is 12.8 Å². The number of aromatic nitrogens is 3. The minimum Gasteiger partial charge on any atom is -0.301 e. The van der Waals surface area contributed by atoms with Gasteiger partial charge >= 0.3 is 0 Å². The number of benzene rings is 2. The summed E-state index contributed by atoms with van der Waals surface area (Å²) in [5.74, 6) is 0.987. The fourth-order valence-corrected chi connectivity index (χ4v) is 4.82. The Morgan fingerprint density at radius 1 is 0.758 bits per heavy atom. The van der Waals surface area contributed by atoms with E-state index < -0.39 is 0 Å². The van der Waals surface area contributed by atoms with Crippen LogP contribution in [0.2, 0.25) is 0 Å². The molecule has 2 aromatic heterocycles. The summed E-state index contributed by atoms with van der Waals surface area (Å²) in [6.45, 7) is 0. The van der Waals surface area contributed by atoms with Crippen LogP contribution in [0.4, 0.5) is 0 Å². The highest BCUT2D eigenvalue weighted by molar-refractivity contribution is 7.99. The first-order valence-corrected chi connectivity index (χ1v) is 12.8. The molecule has 0 aliphatic heterocycles. The quantitative estimate of drug-likeness (QED) is 0.148. The van der Waals surface area contributed by atoms with Gasteiger partial charge in [-0.3, -0.25) is 9.78 Å². The molecule has 5 heteroatoms. The molecule has 0 atom stereocenters. The maximum Gasteiger partial charge on any atom is 0.255 e. The zero-order valence-corrected chi connectivity index (χ0v) is 19.8. The van der Waals surface area contributed by atoms with E-state index in [1.807, 2.05) is 30.5 Å². The van der Waals surface area contributed by atoms with E-state index in [4.69, 9.17) is 0 Å². The Morgan fingerprint density at radius 2 is 1.52 bits per heavy atom. The molecule has 0 amide bonds. The van der Waals surface area contributed by atoms with Crippen LogP contribution in [0.1, 0.15) is 55.2 Å². The second-order valence-corrected chi connectivity index (χ2v) is 9.54. The van der Waals surface area contributed by atoms with Gasteiger partial charge in [-0.1, -0.05) is 86.0 Å². The number of H-pyrrole nitrogens is 1. The van der Waals surface area contributed by atoms with Crippen molar-refractivity contribution in [2.75, 3.05) is 5.75 Å². The number of para-hydroxylation sites is 1. The number of hydrogen-bond acceptors (Lipinski definition) is 4. The first kappa shape index (κ1) is 23.2. The van der Waals surface area contributed by atoms with Gasteiger partial charge in [0.25, 0.3) is 5.56 Å². The molecule has 1 N–H and O–H groups in total. The molecule has 0 unspecified atom stereocenters. The van der Waals surface area contributed by atoms with E-state index in [0.717, 1.165) is 28.6 Å². The molecule has 0 radical (unpaired) electrons. The van der Waals surface area contributed by atoms with Gasteiger partial charge in [0.1, 0.15) is 0 Å². The first-order valence-electron chi connectivity index (χ1n) is 11.9. The van der Waals surface area contributed by atoms with Gasteiger partial charge in [-0.25, -0.2) is 4.98 Å². The third-order valence-electron chi connectivity index (χ3n) is 5.83.